The lowest BCUT2D eigenvalue weighted by molar-refractivity contribution is 0.0694. The molecule has 0 aromatic heterocycles. The number of aromatic hydroxyl groups is 1. The summed E-state index contributed by atoms with van der Waals surface area (Å²) in [6, 6.07) is 30.3. The van der Waals surface area contributed by atoms with Crippen LogP contribution >= 0.6 is 0 Å². The van der Waals surface area contributed by atoms with Gasteiger partial charge in [0.1, 0.15) is 22.8 Å². The van der Waals surface area contributed by atoms with Crippen LogP contribution in [-0.4, -0.2) is 16.2 Å². The third kappa shape index (κ3) is 4.92. The number of rotatable bonds is 7. The maximum absolute atomic E-state index is 12.1. The Kier molecular flexibility index (Phi) is 6.40. The van der Waals surface area contributed by atoms with Crippen molar-refractivity contribution in [1.82, 2.24) is 0 Å². The summed E-state index contributed by atoms with van der Waals surface area (Å²) in [5.41, 5.74) is 3.64. The van der Waals surface area contributed by atoms with Gasteiger partial charge in [-0.15, -0.1) is 0 Å². The molecule has 0 bridgehead atoms. The Morgan fingerprint density at radius 2 is 1.14 bits per heavy atom. The largest absolute Gasteiger partial charge is 0.508 e. The molecule has 0 aliphatic carbocycles. The van der Waals surface area contributed by atoms with Crippen molar-refractivity contribution in [1.29, 1.82) is 0 Å². The number of carboxylic acid groups (broad SMARTS) is 1. The SMILES string of the molecule is CC(C)(c1ccccc1)c1ccc(Oc2ccc(C(C)(C)c3ccc(O)cc3)cc2C(=O)O)cc1. The minimum atomic E-state index is -1.05. The molecule has 4 aromatic carbocycles. The van der Waals surface area contributed by atoms with E-state index in [4.69, 9.17) is 4.74 Å². The molecule has 0 aliphatic heterocycles. The number of hydrogen-bond donors (Lipinski definition) is 2. The Balaban J connectivity index is 1.61. The van der Waals surface area contributed by atoms with Crippen molar-refractivity contribution in [2.45, 2.75) is 38.5 Å². The number of hydrogen-bond acceptors (Lipinski definition) is 3. The molecule has 0 unspecified atom stereocenters. The van der Waals surface area contributed by atoms with Gasteiger partial charge in [-0.1, -0.05) is 88.4 Å². The van der Waals surface area contributed by atoms with Crippen LogP contribution in [0.4, 0.5) is 0 Å². The Morgan fingerprint density at radius 1 is 0.657 bits per heavy atom. The summed E-state index contributed by atoms with van der Waals surface area (Å²) >= 11 is 0. The second-order valence-electron chi connectivity index (χ2n) is 9.81. The Hall–Kier alpha value is -4.05. The number of benzene rings is 4. The van der Waals surface area contributed by atoms with Gasteiger partial charge >= 0.3 is 5.97 Å². The van der Waals surface area contributed by atoms with E-state index >= 15 is 0 Å². The van der Waals surface area contributed by atoms with E-state index in [1.807, 2.05) is 74.5 Å². The zero-order valence-corrected chi connectivity index (χ0v) is 20.4. The standard InChI is InChI=1S/C31H30O4/c1-30(2,21-8-6-5-7-9-21)23-12-17-26(18-13-23)35-28-19-14-24(20-27(28)29(33)34)31(3,4)22-10-15-25(32)16-11-22/h5-20,32H,1-4H3,(H,33,34). The number of carboxylic acids is 1. The smallest absolute Gasteiger partial charge is 0.339 e. The number of aromatic carboxylic acids is 1. The lowest BCUT2D eigenvalue weighted by Crippen LogP contribution is -2.19. The molecule has 35 heavy (non-hydrogen) atoms. The van der Waals surface area contributed by atoms with Gasteiger partial charge in [-0.2, -0.15) is 0 Å². The van der Waals surface area contributed by atoms with Crippen LogP contribution in [0.15, 0.2) is 97.1 Å². The first-order valence-corrected chi connectivity index (χ1v) is 11.6. The monoisotopic (exact) mass is 466 g/mol. The summed E-state index contributed by atoms with van der Waals surface area (Å²) in [6.45, 7) is 8.40. The molecule has 4 rings (SSSR count). The van der Waals surface area contributed by atoms with Crippen molar-refractivity contribution < 1.29 is 19.7 Å². The second kappa shape index (κ2) is 9.30. The highest BCUT2D eigenvalue weighted by atomic mass is 16.5. The number of phenols is 1. The van der Waals surface area contributed by atoms with Crippen molar-refractivity contribution in [3.8, 4) is 17.2 Å². The summed E-state index contributed by atoms with van der Waals surface area (Å²) in [6.07, 6.45) is 0. The van der Waals surface area contributed by atoms with Crippen molar-refractivity contribution in [3.63, 3.8) is 0 Å². The Morgan fingerprint density at radius 3 is 1.71 bits per heavy atom. The normalized spacial score (nSPS) is 11.8. The topological polar surface area (TPSA) is 66.8 Å². The van der Waals surface area contributed by atoms with Gasteiger partial charge in [0.25, 0.3) is 0 Å². The van der Waals surface area contributed by atoms with Crippen molar-refractivity contribution in [2.24, 2.45) is 0 Å². The molecule has 0 saturated heterocycles. The Labute approximate surface area is 206 Å². The van der Waals surface area contributed by atoms with Crippen LogP contribution in [0, 0.1) is 0 Å². The van der Waals surface area contributed by atoms with Gasteiger partial charge in [0.15, 0.2) is 0 Å². The van der Waals surface area contributed by atoms with Crippen LogP contribution in [0.1, 0.15) is 60.3 Å². The highest BCUT2D eigenvalue weighted by Crippen LogP contribution is 2.37. The number of carbonyl (C=O) groups is 1. The molecule has 4 aromatic rings. The number of ether oxygens (including phenoxy) is 1. The molecule has 0 fully saturated rings. The van der Waals surface area contributed by atoms with E-state index in [0.717, 1.165) is 16.7 Å². The summed E-state index contributed by atoms with van der Waals surface area (Å²) in [4.78, 5) is 12.1. The van der Waals surface area contributed by atoms with Gasteiger partial charge in [-0.25, -0.2) is 4.79 Å². The maximum atomic E-state index is 12.1. The molecule has 178 valence electrons. The minimum Gasteiger partial charge on any atom is -0.508 e. The fourth-order valence-electron chi connectivity index (χ4n) is 4.31. The average Bonchev–Trinajstić information content (AvgIpc) is 2.85. The molecular weight excluding hydrogens is 436 g/mol. The van der Waals surface area contributed by atoms with Gasteiger partial charge in [0.05, 0.1) is 0 Å². The predicted molar refractivity (Wildman–Crippen MR) is 139 cm³/mol. The molecule has 0 heterocycles. The molecular formula is C31H30O4. The molecule has 4 nitrogen and oxygen atoms in total. The van der Waals surface area contributed by atoms with Crippen molar-refractivity contribution in [3.05, 3.63) is 125 Å². The zero-order chi connectivity index (χ0) is 25.2. The highest BCUT2D eigenvalue weighted by molar-refractivity contribution is 5.91. The predicted octanol–water partition coefficient (Wildman–Crippen LogP) is 7.53. The average molecular weight is 467 g/mol. The van der Waals surface area contributed by atoms with E-state index in [1.165, 1.54) is 5.56 Å². The van der Waals surface area contributed by atoms with Crippen LogP contribution in [0.25, 0.3) is 0 Å². The molecule has 0 aliphatic rings. The maximum Gasteiger partial charge on any atom is 0.339 e. The fourth-order valence-corrected chi connectivity index (χ4v) is 4.31. The van der Waals surface area contributed by atoms with E-state index < -0.39 is 11.4 Å². The van der Waals surface area contributed by atoms with Gasteiger partial charge in [-0.3, -0.25) is 0 Å². The van der Waals surface area contributed by atoms with Crippen LogP contribution < -0.4 is 4.74 Å². The first-order valence-electron chi connectivity index (χ1n) is 11.6. The van der Waals surface area contributed by atoms with E-state index in [1.54, 1.807) is 24.3 Å². The third-order valence-electron chi connectivity index (χ3n) is 6.82. The summed E-state index contributed by atoms with van der Waals surface area (Å²) < 4.78 is 6.02. The quantitative estimate of drug-likeness (QED) is 0.295. The first-order chi connectivity index (χ1) is 16.6. The lowest BCUT2D eigenvalue weighted by atomic mass is 9.77. The second-order valence-corrected chi connectivity index (χ2v) is 9.81. The van der Waals surface area contributed by atoms with E-state index in [9.17, 15) is 15.0 Å². The van der Waals surface area contributed by atoms with Crippen LogP contribution in [-0.2, 0) is 10.8 Å². The molecule has 0 spiro atoms. The van der Waals surface area contributed by atoms with E-state index in [2.05, 4.69) is 26.0 Å². The van der Waals surface area contributed by atoms with Gasteiger partial charge < -0.3 is 14.9 Å². The van der Waals surface area contributed by atoms with Crippen molar-refractivity contribution in [2.75, 3.05) is 0 Å². The molecule has 4 heteroatoms. The third-order valence-corrected chi connectivity index (χ3v) is 6.82. The fraction of sp³-hybridized carbons (Fsp3) is 0.194. The summed E-state index contributed by atoms with van der Waals surface area (Å²) in [7, 11) is 0. The minimum absolute atomic E-state index is 0.100. The zero-order valence-electron chi connectivity index (χ0n) is 20.4. The van der Waals surface area contributed by atoms with Gasteiger partial charge in [0, 0.05) is 10.8 Å². The van der Waals surface area contributed by atoms with Crippen LogP contribution in [0.3, 0.4) is 0 Å². The van der Waals surface area contributed by atoms with E-state index in [0.29, 0.717) is 5.75 Å². The molecule has 0 saturated carbocycles. The molecule has 0 radical (unpaired) electrons. The van der Waals surface area contributed by atoms with Crippen molar-refractivity contribution >= 4 is 5.97 Å². The summed E-state index contributed by atoms with van der Waals surface area (Å²) in [5.74, 6) is 0.00590. The molecule has 0 atom stereocenters. The molecule has 2 N–H and O–H groups in total. The number of phenolic OH excluding ortho intramolecular Hbond substituents is 1. The van der Waals surface area contributed by atoms with Crippen LogP contribution in [0.5, 0.6) is 17.2 Å². The highest BCUT2D eigenvalue weighted by Gasteiger charge is 2.26. The summed E-state index contributed by atoms with van der Waals surface area (Å²) in [5, 5.41) is 19.5. The van der Waals surface area contributed by atoms with Gasteiger partial charge in [-0.05, 0) is 58.7 Å². The Bertz CT molecular complexity index is 1320. The van der Waals surface area contributed by atoms with Crippen LogP contribution in [0.2, 0.25) is 0 Å². The first kappa shape index (κ1) is 24.1. The van der Waals surface area contributed by atoms with E-state index in [-0.39, 0.29) is 22.5 Å². The lowest BCUT2D eigenvalue weighted by Gasteiger charge is -2.27. The van der Waals surface area contributed by atoms with Gasteiger partial charge in [0.2, 0.25) is 0 Å². The molecule has 0 amide bonds.